The summed E-state index contributed by atoms with van der Waals surface area (Å²) in [6, 6.07) is 5.60. The van der Waals surface area contributed by atoms with Crippen molar-refractivity contribution in [2.24, 2.45) is 0 Å². The van der Waals surface area contributed by atoms with Crippen LogP contribution < -0.4 is 10.6 Å². The second kappa shape index (κ2) is 11.9. The van der Waals surface area contributed by atoms with Crippen molar-refractivity contribution >= 4 is 29.8 Å². The summed E-state index contributed by atoms with van der Waals surface area (Å²) in [7, 11) is 0. The highest BCUT2D eigenvalue weighted by Crippen LogP contribution is 2.28. The zero-order valence-corrected chi connectivity index (χ0v) is 19.7. The number of carbonyl (C=O) groups excluding carboxylic acids is 2. The number of nitrogens with one attached hydrogen (secondary N) is 2. The van der Waals surface area contributed by atoms with E-state index < -0.39 is 23.6 Å². The van der Waals surface area contributed by atoms with Gasteiger partial charge in [0.15, 0.2) is 5.82 Å². The lowest BCUT2D eigenvalue weighted by Crippen LogP contribution is -2.30. The quantitative estimate of drug-likeness (QED) is 0.450. The van der Waals surface area contributed by atoms with E-state index in [-0.39, 0.29) is 24.6 Å². The summed E-state index contributed by atoms with van der Waals surface area (Å²) in [5.41, 5.74) is 1.33. The Morgan fingerprint density at radius 1 is 1.08 bits per heavy atom. The fourth-order valence-corrected chi connectivity index (χ4v) is 3.31. The highest BCUT2D eigenvalue weighted by atomic mass is 19.4. The molecule has 11 heteroatoms. The Balaban J connectivity index is 1.69. The van der Waals surface area contributed by atoms with Crippen molar-refractivity contribution in [1.29, 1.82) is 0 Å². The van der Waals surface area contributed by atoms with Crippen molar-refractivity contribution in [3.8, 4) is 0 Å². The Morgan fingerprint density at radius 3 is 2.47 bits per heavy atom. The lowest BCUT2D eigenvalue weighted by Gasteiger charge is -2.11. The second-order valence-electron chi connectivity index (χ2n) is 7.64. The van der Waals surface area contributed by atoms with E-state index in [1.807, 2.05) is 38.1 Å². The molecular formula is C25H25F3N6O2. The summed E-state index contributed by atoms with van der Waals surface area (Å²) < 4.78 is 39.7. The first kappa shape index (κ1) is 26.3. The number of rotatable bonds is 9. The third-order valence-electron chi connectivity index (χ3n) is 4.95. The standard InChI is InChI=1S/C25H25F3N6O2/c1-3-6-19-20(7-4-2)34(16-17-8-5-12-29-14-17)23(32-19)24(36)30-13-11-22(35)33-21-10-9-18(15-31-21)25(26,27)28/h3-10,12,14-15H,11,13,16H2,1-2H3,(H,30,36)(H,31,33,35)/b6-3-,7-4-. The summed E-state index contributed by atoms with van der Waals surface area (Å²) in [6.45, 7) is 4.07. The fraction of sp³-hybridized carbons (Fsp3) is 0.240. The maximum Gasteiger partial charge on any atom is 0.417 e. The van der Waals surface area contributed by atoms with Crippen molar-refractivity contribution < 1.29 is 22.8 Å². The Bertz CT molecular complexity index is 1250. The van der Waals surface area contributed by atoms with Crippen LogP contribution in [-0.2, 0) is 17.5 Å². The molecule has 0 unspecified atom stereocenters. The molecule has 2 N–H and O–H groups in total. The lowest BCUT2D eigenvalue weighted by atomic mass is 10.2. The van der Waals surface area contributed by atoms with Crippen LogP contribution in [-0.4, -0.2) is 37.9 Å². The summed E-state index contributed by atoms with van der Waals surface area (Å²) >= 11 is 0. The molecule has 0 saturated carbocycles. The zero-order chi connectivity index (χ0) is 26.1. The molecule has 2 amide bonds. The average molecular weight is 499 g/mol. The van der Waals surface area contributed by atoms with E-state index in [1.54, 1.807) is 29.1 Å². The highest BCUT2D eigenvalue weighted by molar-refractivity contribution is 5.93. The van der Waals surface area contributed by atoms with Gasteiger partial charge in [-0.1, -0.05) is 18.2 Å². The van der Waals surface area contributed by atoms with Gasteiger partial charge in [0.25, 0.3) is 5.91 Å². The molecule has 8 nitrogen and oxygen atoms in total. The number of alkyl halides is 3. The van der Waals surface area contributed by atoms with Gasteiger partial charge >= 0.3 is 6.18 Å². The van der Waals surface area contributed by atoms with Gasteiger partial charge in [0, 0.05) is 31.6 Å². The number of allylic oxidation sites excluding steroid dienone is 2. The summed E-state index contributed by atoms with van der Waals surface area (Å²) in [6.07, 6.45) is 6.73. The number of carbonyl (C=O) groups is 2. The topological polar surface area (TPSA) is 102 Å². The number of pyridine rings is 2. The van der Waals surface area contributed by atoms with Gasteiger partial charge in [0.05, 0.1) is 23.5 Å². The predicted octanol–water partition coefficient (Wildman–Crippen LogP) is 4.57. The van der Waals surface area contributed by atoms with Gasteiger partial charge in [-0.15, -0.1) is 0 Å². The zero-order valence-electron chi connectivity index (χ0n) is 19.7. The molecule has 0 radical (unpaired) electrons. The number of amides is 2. The lowest BCUT2D eigenvalue weighted by molar-refractivity contribution is -0.137. The van der Waals surface area contributed by atoms with E-state index in [2.05, 4.69) is 25.6 Å². The molecule has 0 aliphatic heterocycles. The average Bonchev–Trinajstić information content (AvgIpc) is 3.17. The van der Waals surface area contributed by atoms with Crippen LogP contribution >= 0.6 is 0 Å². The van der Waals surface area contributed by atoms with Crippen LogP contribution in [0.25, 0.3) is 12.2 Å². The van der Waals surface area contributed by atoms with Crippen molar-refractivity contribution in [1.82, 2.24) is 24.8 Å². The van der Waals surface area contributed by atoms with Crippen molar-refractivity contribution in [3.05, 3.63) is 83.3 Å². The minimum absolute atomic E-state index is 0.0110. The SMILES string of the molecule is C/C=C\c1nc(C(=O)NCCC(=O)Nc2ccc(C(F)(F)F)cn2)n(Cc2cccnc2)c1/C=C\C. The van der Waals surface area contributed by atoms with Gasteiger partial charge in [-0.05, 0) is 49.8 Å². The molecule has 3 rings (SSSR count). The minimum atomic E-state index is -4.51. The molecule has 36 heavy (non-hydrogen) atoms. The van der Waals surface area contributed by atoms with Crippen LogP contribution in [0.4, 0.5) is 19.0 Å². The van der Waals surface area contributed by atoms with Gasteiger partial charge in [-0.25, -0.2) is 9.97 Å². The van der Waals surface area contributed by atoms with Gasteiger partial charge in [-0.3, -0.25) is 14.6 Å². The number of hydrogen-bond donors (Lipinski definition) is 2. The third kappa shape index (κ3) is 6.87. The molecule has 3 aromatic rings. The first-order valence-corrected chi connectivity index (χ1v) is 11.1. The highest BCUT2D eigenvalue weighted by Gasteiger charge is 2.30. The van der Waals surface area contributed by atoms with E-state index in [9.17, 15) is 22.8 Å². The van der Waals surface area contributed by atoms with E-state index >= 15 is 0 Å². The van der Waals surface area contributed by atoms with Crippen LogP contribution in [0.15, 0.2) is 55.0 Å². The fourth-order valence-electron chi connectivity index (χ4n) is 3.31. The molecule has 0 atom stereocenters. The van der Waals surface area contributed by atoms with Gasteiger partial charge < -0.3 is 15.2 Å². The molecule has 3 heterocycles. The number of hydrogen-bond acceptors (Lipinski definition) is 5. The predicted molar refractivity (Wildman–Crippen MR) is 130 cm³/mol. The molecular weight excluding hydrogens is 473 g/mol. The van der Waals surface area contributed by atoms with Gasteiger partial charge in [0.2, 0.25) is 5.91 Å². The van der Waals surface area contributed by atoms with Crippen LogP contribution in [0.5, 0.6) is 0 Å². The monoisotopic (exact) mass is 498 g/mol. The number of anilines is 1. The smallest absolute Gasteiger partial charge is 0.349 e. The molecule has 0 aliphatic carbocycles. The first-order valence-electron chi connectivity index (χ1n) is 11.1. The summed E-state index contributed by atoms with van der Waals surface area (Å²) in [5.74, 6) is -0.825. The Labute approximate surface area is 206 Å². The van der Waals surface area contributed by atoms with E-state index in [1.165, 1.54) is 0 Å². The minimum Gasteiger partial charge on any atom is -0.349 e. The van der Waals surface area contributed by atoms with Crippen molar-refractivity contribution in [2.75, 3.05) is 11.9 Å². The van der Waals surface area contributed by atoms with E-state index in [0.717, 1.165) is 23.4 Å². The first-order chi connectivity index (χ1) is 17.2. The molecule has 0 fully saturated rings. The Morgan fingerprint density at radius 2 is 1.86 bits per heavy atom. The van der Waals surface area contributed by atoms with Gasteiger partial charge in [-0.2, -0.15) is 13.2 Å². The van der Waals surface area contributed by atoms with Crippen LogP contribution in [0.1, 0.15) is 53.4 Å². The molecule has 0 spiro atoms. The Kier molecular flexibility index (Phi) is 8.71. The number of imidazole rings is 1. The molecule has 0 aromatic carbocycles. The van der Waals surface area contributed by atoms with Crippen molar-refractivity contribution in [2.45, 2.75) is 33.0 Å². The van der Waals surface area contributed by atoms with Crippen LogP contribution in [0, 0.1) is 0 Å². The van der Waals surface area contributed by atoms with E-state index in [0.29, 0.717) is 18.4 Å². The van der Waals surface area contributed by atoms with Crippen molar-refractivity contribution in [3.63, 3.8) is 0 Å². The number of nitrogens with zero attached hydrogens (tertiary/aromatic N) is 4. The molecule has 0 bridgehead atoms. The van der Waals surface area contributed by atoms with Crippen LogP contribution in [0.2, 0.25) is 0 Å². The number of aromatic nitrogens is 4. The summed E-state index contributed by atoms with van der Waals surface area (Å²) in [4.78, 5) is 37.4. The normalized spacial score (nSPS) is 11.8. The second-order valence-corrected chi connectivity index (χ2v) is 7.64. The molecule has 188 valence electrons. The third-order valence-corrected chi connectivity index (χ3v) is 4.95. The summed E-state index contributed by atoms with van der Waals surface area (Å²) in [5, 5.41) is 5.09. The largest absolute Gasteiger partial charge is 0.417 e. The maximum atomic E-state index is 13.0. The molecule has 3 aromatic heterocycles. The van der Waals surface area contributed by atoms with E-state index in [4.69, 9.17) is 0 Å². The van der Waals surface area contributed by atoms with Crippen LogP contribution in [0.3, 0.4) is 0 Å². The molecule has 0 aliphatic rings. The Hall–Kier alpha value is -4.28. The molecule has 0 saturated heterocycles. The number of halogens is 3. The maximum absolute atomic E-state index is 13.0. The van der Waals surface area contributed by atoms with Gasteiger partial charge in [0.1, 0.15) is 5.82 Å².